The molecule has 0 aromatic heterocycles. The van der Waals surface area contributed by atoms with Gasteiger partial charge in [-0.1, -0.05) is 344 Å². The summed E-state index contributed by atoms with van der Waals surface area (Å²) in [4.78, 5) is 0. The van der Waals surface area contributed by atoms with Gasteiger partial charge >= 0.3 is 17.1 Å². The first kappa shape index (κ1) is 116. The highest BCUT2D eigenvalue weighted by atomic mass is 79.9. The Hall–Kier alpha value is -4.70. The van der Waals surface area contributed by atoms with Crippen LogP contribution in [0.2, 0.25) is 118 Å². The lowest BCUT2D eigenvalue weighted by Crippen LogP contribution is -2.48. The standard InChI is InChI=1S/C14H12Br2.C14H14O4.C12H12Si.C10H10.C9H9Cl.C8H8Br2.C8H10O2.C6H18Cl2O2Si3.C6H20O2Si3.C4H14OSi2.C2H8Si/c15-9-11-5-1-3-7-13(11)14-8-4-2-6-12(14)10-16;15-11-3-1-5-13(9-11)17-7-8-18-14-6-2-4-12(16)10-14;1-3-7-11(8-4-1)13-12-9-5-2-6-10-12;1-3-9-5-7-10(4-2)8-6-9;1-2-8-3-5-9(7-10)6-4-8;2*9-5-7-1-2-8(6-10)4-3-7;1-11(2,7)9-13(5,6)10-12(3,4)8;1-9(2)7-11(5,6)8-10(3)4;1-6(2)5-7(3)4;1-3-2/h1-8H,9-10H2;1-6,9-10,15-16H,7-8H2;1-10H,13H2;3-8H,1-2H2;2-6H,1,7H2;1-4H,5-6H2;1-4,9-10H,5-6H2;1-6H3;9-10H,1-6H3;6-7H,1-4H3;3H2,1-2H3. The SMILES string of the molecule is BrCc1ccc(CBr)cc1.BrCc1ccccc1-c1ccccc1CBr.C=Cc1ccc(C=C)cc1.C=Cc1ccc(CCl)cc1.C[SiH2]C.C[SiH](C)O[SiH](C)C.C[SiH](C)O[Si](C)(C)O[SiH](C)C.C[Si](C)(Cl)O[Si](C)(C)O[Si](C)(C)Cl.OCc1ccc(CO)cc1.Oc1cccc(OCCOc2cccc(O)c2)c1.c1ccc([SiH2]c2ccccc2)cc1. The van der Waals surface area contributed by atoms with Crippen molar-refractivity contribution in [3.8, 4) is 34.1 Å². The Kier molecular flexibility index (Phi) is 65.8. The summed E-state index contributed by atoms with van der Waals surface area (Å²) >= 11 is 31.6. The molecule has 0 bridgehead atoms. The molecule has 0 spiro atoms. The Morgan fingerprint density at radius 2 is 0.678 bits per heavy atom. The number of benzene rings is 10. The fraction of sp³-hybridized carbons (Fsp3) is 0.290. The molecule has 0 aliphatic rings. The molecular formula is C93H135Br4Cl3O11Si10. The molecule has 28 heteroatoms. The van der Waals surface area contributed by atoms with Gasteiger partial charge in [-0.05, 0) is 196 Å². The third kappa shape index (κ3) is 62.2. The fourth-order valence-electron chi connectivity index (χ4n) is 10.6. The number of rotatable bonds is 28. The van der Waals surface area contributed by atoms with Crippen LogP contribution in [0.1, 0.15) is 55.6 Å². The molecule has 662 valence electrons. The van der Waals surface area contributed by atoms with E-state index in [1.165, 1.54) is 55.9 Å². The van der Waals surface area contributed by atoms with Crippen LogP contribution in [-0.2, 0) is 61.0 Å². The molecule has 0 aliphatic carbocycles. The molecule has 10 aromatic rings. The van der Waals surface area contributed by atoms with Crippen molar-refractivity contribution in [2.45, 2.75) is 158 Å². The molecule has 0 saturated heterocycles. The predicted molar refractivity (Wildman–Crippen MR) is 571 cm³/mol. The topological polar surface area (TPSA) is 146 Å². The lowest BCUT2D eigenvalue weighted by Gasteiger charge is -2.33. The van der Waals surface area contributed by atoms with Crippen molar-refractivity contribution in [1.29, 1.82) is 0 Å². The number of aromatic hydroxyl groups is 2. The second-order valence-corrected chi connectivity index (χ2v) is 65.2. The number of phenols is 2. The maximum atomic E-state index is 9.24. The van der Waals surface area contributed by atoms with Gasteiger partial charge in [-0.3, -0.25) is 0 Å². The van der Waals surface area contributed by atoms with E-state index in [1.54, 1.807) is 60.7 Å². The van der Waals surface area contributed by atoms with Crippen molar-refractivity contribution in [2.75, 3.05) is 13.2 Å². The van der Waals surface area contributed by atoms with Crippen molar-refractivity contribution in [3.05, 3.63) is 330 Å². The number of aliphatic hydroxyl groups is 2. The van der Waals surface area contributed by atoms with E-state index in [0.29, 0.717) is 40.1 Å². The third-order valence-corrected chi connectivity index (χ3v) is 41.5. The zero-order valence-electron chi connectivity index (χ0n) is 74.5. The van der Waals surface area contributed by atoms with Gasteiger partial charge in [0, 0.05) is 48.9 Å². The Morgan fingerprint density at radius 1 is 0.380 bits per heavy atom. The lowest BCUT2D eigenvalue weighted by molar-refractivity contribution is 0.216. The van der Waals surface area contributed by atoms with Crippen molar-refractivity contribution >= 4 is 214 Å². The van der Waals surface area contributed by atoms with E-state index in [2.05, 4.69) is 295 Å². The van der Waals surface area contributed by atoms with Gasteiger partial charge in [0.05, 0.1) is 22.7 Å². The van der Waals surface area contributed by atoms with E-state index < -0.39 is 68.5 Å². The minimum atomic E-state index is -2.11. The number of phenolic OH excluding ortho intramolecular Hbond substituents is 2. The van der Waals surface area contributed by atoms with Crippen LogP contribution in [0, 0.1) is 0 Å². The Morgan fingerprint density at radius 3 is 0.934 bits per heavy atom. The first-order valence-electron chi connectivity index (χ1n) is 40.4. The van der Waals surface area contributed by atoms with E-state index in [1.807, 2.05) is 106 Å². The third-order valence-electron chi connectivity index (χ3n) is 15.0. The Bertz CT molecular complexity index is 4010. The minimum absolute atomic E-state index is 0.0612. The number of hydrogen-bond acceptors (Lipinski definition) is 11. The Labute approximate surface area is 792 Å². The summed E-state index contributed by atoms with van der Waals surface area (Å²) in [5, 5.41) is 42.4. The average Bonchev–Trinajstić information content (AvgIpc) is 0.827. The molecule has 0 saturated carbocycles. The molecule has 0 unspecified atom stereocenters. The van der Waals surface area contributed by atoms with E-state index in [4.69, 9.17) is 74.0 Å². The molecule has 121 heavy (non-hydrogen) atoms. The Balaban J connectivity index is 0.00000133. The summed E-state index contributed by atoms with van der Waals surface area (Å²) in [5.74, 6) is 2.10. The van der Waals surface area contributed by atoms with E-state index >= 15 is 0 Å². The smallest absolute Gasteiger partial charge is 0.312 e. The van der Waals surface area contributed by atoms with Gasteiger partial charge in [0.25, 0.3) is 15.3 Å². The van der Waals surface area contributed by atoms with Gasteiger partial charge in [0.15, 0.2) is 36.2 Å². The number of aliphatic hydroxyl groups excluding tert-OH is 2. The molecule has 4 N–H and O–H groups in total. The summed E-state index contributed by atoms with van der Waals surface area (Å²) in [6, 6.07) is 83.5. The second-order valence-electron chi connectivity index (χ2n) is 29.8. The molecular weight excluding hydrogens is 2000 g/mol. The van der Waals surface area contributed by atoms with Crippen LogP contribution >= 0.6 is 97.5 Å². The van der Waals surface area contributed by atoms with Gasteiger partial charge < -0.3 is 50.5 Å². The van der Waals surface area contributed by atoms with Crippen LogP contribution in [0.15, 0.2) is 275 Å². The van der Waals surface area contributed by atoms with E-state index in [-0.39, 0.29) is 34.2 Å². The van der Waals surface area contributed by atoms with Crippen LogP contribution in [0.5, 0.6) is 23.0 Å². The molecule has 0 heterocycles. The highest BCUT2D eigenvalue weighted by molar-refractivity contribution is 9.09. The van der Waals surface area contributed by atoms with E-state index in [9.17, 15) is 10.2 Å². The summed E-state index contributed by atoms with van der Waals surface area (Å²) in [5.41, 5.74) is 14.2. The quantitative estimate of drug-likeness (QED) is 0.0161. The summed E-state index contributed by atoms with van der Waals surface area (Å²) < 4.78 is 39.5. The van der Waals surface area contributed by atoms with Crippen LogP contribution in [-0.4, -0.2) is 121 Å². The minimum Gasteiger partial charge on any atom is -0.508 e. The number of alkyl halides is 5. The number of halogens is 7. The molecule has 0 amide bonds. The van der Waals surface area contributed by atoms with Crippen LogP contribution in [0.4, 0.5) is 0 Å². The normalized spacial score (nSPS) is 10.6. The van der Waals surface area contributed by atoms with Gasteiger partial charge in [-0.15, -0.1) is 33.8 Å². The summed E-state index contributed by atoms with van der Waals surface area (Å²) in [7, 11) is -10.8. The van der Waals surface area contributed by atoms with Gasteiger partial charge in [-0.2, -0.15) is 0 Å². The highest BCUT2D eigenvalue weighted by Crippen LogP contribution is 2.30. The molecule has 0 radical (unpaired) electrons. The van der Waals surface area contributed by atoms with Crippen molar-refractivity contribution in [2.24, 2.45) is 0 Å². The lowest BCUT2D eigenvalue weighted by atomic mass is 9.97. The monoisotopic (exact) mass is 2130 g/mol. The molecule has 10 rings (SSSR count). The van der Waals surface area contributed by atoms with Crippen LogP contribution in [0.3, 0.4) is 0 Å². The maximum Gasteiger partial charge on any atom is 0.312 e. The van der Waals surface area contributed by atoms with Crippen LogP contribution < -0.4 is 19.8 Å². The second kappa shape index (κ2) is 68.5. The predicted octanol–water partition coefficient (Wildman–Crippen LogP) is 25.2. The molecule has 11 nitrogen and oxygen atoms in total. The number of hydrogen-bond donors (Lipinski definition) is 4. The van der Waals surface area contributed by atoms with Crippen molar-refractivity contribution in [1.82, 2.24) is 0 Å². The van der Waals surface area contributed by atoms with Gasteiger partial charge in [0.1, 0.15) is 36.2 Å². The fourth-order valence-corrected chi connectivity index (χ4v) is 41.4. The van der Waals surface area contributed by atoms with Crippen molar-refractivity contribution in [3.63, 3.8) is 0 Å². The first-order chi connectivity index (χ1) is 57.3. The molecule has 0 aliphatic heterocycles. The zero-order valence-corrected chi connectivity index (χ0v) is 94.5. The van der Waals surface area contributed by atoms with Crippen LogP contribution in [0.25, 0.3) is 29.4 Å². The van der Waals surface area contributed by atoms with Gasteiger partial charge in [-0.25, -0.2) is 0 Å². The number of ether oxygens (including phenoxy) is 2. The van der Waals surface area contributed by atoms with Crippen molar-refractivity contribution < 1.29 is 50.5 Å². The van der Waals surface area contributed by atoms with Gasteiger partial charge in [0.2, 0.25) is 0 Å². The molecule has 0 fully saturated rings. The highest BCUT2D eigenvalue weighted by Gasteiger charge is 2.38. The van der Waals surface area contributed by atoms with E-state index in [0.717, 1.165) is 54.7 Å². The summed E-state index contributed by atoms with van der Waals surface area (Å²) in [6.07, 6.45) is 5.47. The molecule has 0 atom stereocenters. The average molecular weight is 2140 g/mol. The summed E-state index contributed by atoms with van der Waals surface area (Å²) in [6.45, 7) is 50.0. The molecule has 10 aromatic carbocycles. The first-order valence-corrected chi connectivity index (χ1v) is 74.3. The maximum absolute atomic E-state index is 9.24. The zero-order chi connectivity index (χ0) is 91.2. The largest absolute Gasteiger partial charge is 0.508 e.